The third kappa shape index (κ3) is 3.69. The molecule has 1 aliphatic heterocycles. The maximum absolute atomic E-state index is 13.8. The van der Waals surface area contributed by atoms with Crippen molar-refractivity contribution in [1.82, 2.24) is 0 Å². The van der Waals surface area contributed by atoms with Gasteiger partial charge < -0.3 is 19.7 Å². The number of aliphatic hydroxyl groups is 2. The van der Waals surface area contributed by atoms with Crippen LogP contribution in [-0.4, -0.2) is 47.5 Å². The third-order valence-corrected chi connectivity index (χ3v) is 3.24. The zero-order chi connectivity index (χ0) is 15.2. The number of benzene rings is 1. The van der Waals surface area contributed by atoms with E-state index in [-0.39, 0.29) is 6.61 Å². The van der Waals surface area contributed by atoms with Crippen molar-refractivity contribution in [3.63, 3.8) is 0 Å². The van der Waals surface area contributed by atoms with Crippen molar-refractivity contribution >= 4 is 0 Å². The van der Waals surface area contributed by atoms with Crippen LogP contribution in [0.4, 0.5) is 4.39 Å². The number of nitrogens with zero attached hydrogens (tertiary/aromatic N) is 3. The fourth-order valence-corrected chi connectivity index (χ4v) is 2.11. The summed E-state index contributed by atoms with van der Waals surface area (Å²) in [6.45, 7) is -0.461. The van der Waals surface area contributed by atoms with E-state index in [2.05, 4.69) is 10.0 Å². The first-order chi connectivity index (χ1) is 10.2. The van der Waals surface area contributed by atoms with E-state index in [1.807, 2.05) is 30.3 Å². The molecule has 0 saturated carbocycles. The molecule has 1 aliphatic rings. The van der Waals surface area contributed by atoms with Gasteiger partial charge in [-0.05, 0) is 11.1 Å². The van der Waals surface area contributed by atoms with Crippen LogP contribution < -0.4 is 0 Å². The topological polar surface area (TPSA) is 108 Å². The van der Waals surface area contributed by atoms with Crippen LogP contribution >= 0.6 is 0 Å². The van der Waals surface area contributed by atoms with Gasteiger partial charge in [-0.15, -0.1) is 0 Å². The maximum Gasteiger partial charge on any atom is 0.169 e. The monoisotopic (exact) mass is 297 g/mol. The molecule has 2 N–H and O–H groups in total. The Kier molecular flexibility index (Phi) is 5.49. The van der Waals surface area contributed by atoms with Crippen molar-refractivity contribution in [2.75, 3.05) is 6.61 Å². The van der Waals surface area contributed by atoms with Gasteiger partial charge in [0, 0.05) is 4.91 Å². The highest BCUT2D eigenvalue weighted by Gasteiger charge is 2.45. The van der Waals surface area contributed by atoms with Gasteiger partial charge in [0.1, 0.15) is 18.2 Å². The number of halogens is 1. The lowest BCUT2D eigenvalue weighted by Gasteiger charge is -2.39. The van der Waals surface area contributed by atoms with Crippen molar-refractivity contribution < 1.29 is 24.1 Å². The molecule has 2 rings (SSSR count). The molecule has 21 heavy (non-hydrogen) atoms. The van der Waals surface area contributed by atoms with Gasteiger partial charge in [0.15, 0.2) is 12.5 Å². The number of azide groups is 1. The lowest BCUT2D eigenvalue weighted by Crippen LogP contribution is -2.56. The van der Waals surface area contributed by atoms with Gasteiger partial charge in [-0.25, -0.2) is 4.39 Å². The van der Waals surface area contributed by atoms with Crippen LogP contribution in [0.3, 0.4) is 0 Å². The summed E-state index contributed by atoms with van der Waals surface area (Å²) < 4.78 is 24.5. The molecule has 5 atom stereocenters. The third-order valence-electron chi connectivity index (χ3n) is 3.24. The van der Waals surface area contributed by atoms with Crippen LogP contribution in [0.15, 0.2) is 35.4 Å². The zero-order valence-corrected chi connectivity index (χ0v) is 11.1. The van der Waals surface area contributed by atoms with Gasteiger partial charge in [-0.2, -0.15) is 0 Å². The Labute approximate surface area is 120 Å². The van der Waals surface area contributed by atoms with E-state index in [0.29, 0.717) is 0 Å². The average molecular weight is 297 g/mol. The summed E-state index contributed by atoms with van der Waals surface area (Å²) in [6, 6.07) is 7.94. The highest BCUT2D eigenvalue weighted by Crippen LogP contribution is 2.27. The summed E-state index contributed by atoms with van der Waals surface area (Å²) in [5.41, 5.74) is 9.36. The Morgan fingerprint density at radius 1 is 1.38 bits per heavy atom. The molecule has 0 aromatic heterocycles. The fourth-order valence-electron chi connectivity index (χ4n) is 2.11. The van der Waals surface area contributed by atoms with E-state index >= 15 is 0 Å². The average Bonchev–Trinajstić information content (AvgIpc) is 2.52. The summed E-state index contributed by atoms with van der Waals surface area (Å²) >= 11 is 0. The van der Waals surface area contributed by atoms with Crippen molar-refractivity contribution in [3.8, 4) is 0 Å². The van der Waals surface area contributed by atoms with Gasteiger partial charge in [-0.1, -0.05) is 35.4 Å². The number of rotatable bonds is 5. The van der Waals surface area contributed by atoms with E-state index in [9.17, 15) is 9.50 Å². The SMILES string of the molecule is [N-]=[N+]=NC1[C@H](OCc2ccccc2)OC(CO)[C@H](F)[C@@H]1O. The molecular weight excluding hydrogens is 281 g/mol. The van der Waals surface area contributed by atoms with E-state index in [0.717, 1.165) is 5.56 Å². The van der Waals surface area contributed by atoms with Crippen molar-refractivity contribution in [2.45, 2.75) is 37.3 Å². The minimum Gasteiger partial charge on any atom is -0.394 e. The zero-order valence-electron chi connectivity index (χ0n) is 11.1. The smallest absolute Gasteiger partial charge is 0.169 e. The fraction of sp³-hybridized carbons (Fsp3) is 0.538. The molecular formula is C13H16FN3O4. The van der Waals surface area contributed by atoms with E-state index in [1.54, 1.807) is 0 Å². The van der Waals surface area contributed by atoms with Crippen LogP contribution in [0.2, 0.25) is 0 Å². The van der Waals surface area contributed by atoms with E-state index in [4.69, 9.17) is 20.1 Å². The van der Waals surface area contributed by atoms with Crippen LogP contribution in [0.1, 0.15) is 5.56 Å². The molecule has 1 aromatic carbocycles. The van der Waals surface area contributed by atoms with Crippen LogP contribution in [-0.2, 0) is 16.1 Å². The molecule has 2 unspecified atom stereocenters. The predicted octanol–water partition coefficient (Wildman–Crippen LogP) is 1.30. The molecule has 7 nitrogen and oxygen atoms in total. The molecule has 1 saturated heterocycles. The first-order valence-corrected chi connectivity index (χ1v) is 6.45. The lowest BCUT2D eigenvalue weighted by molar-refractivity contribution is -0.257. The second kappa shape index (κ2) is 7.35. The first-order valence-electron chi connectivity index (χ1n) is 6.45. The summed E-state index contributed by atoms with van der Waals surface area (Å²) in [5.74, 6) is 0. The molecule has 1 fully saturated rings. The van der Waals surface area contributed by atoms with Crippen LogP contribution in [0.25, 0.3) is 10.4 Å². The Hall–Kier alpha value is -1.70. The Bertz CT molecular complexity index is 497. The molecule has 114 valence electrons. The minimum absolute atomic E-state index is 0.144. The molecule has 0 radical (unpaired) electrons. The van der Waals surface area contributed by atoms with E-state index in [1.165, 1.54) is 0 Å². The maximum atomic E-state index is 13.8. The van der Waals surface area contributed by atoms with Gasteiger partial charge in [0.05, 0.1) is 13.2 Å². The molecule has 1 heterocycles. The highest BCUT2D eigenvalue weighted by atomic mass is 19.1. The summed E-state index contributed by atoms with van der Waals surface area (Å²) in [4.78, 5) is 2.58. The molecule has 1 aromatic rings. The molecule has 0 aliphatic carbocycles. The van der Waals surface area contributed by atoms with Gasteiger partial charge in [0.2, 0.25) is 0 Å². The van der Waals surface area contributed by atoms with E-state index < -0.39 is 37.3 Å². The summed E-state index contributed by atoms with van der Waals surface area (Å²) in [5, 5.41) is 22.2. The summed E-state index contributed by atoms with van der Waals surface area (Å²) in [6.07, 6.45) is -5.78. The number of hydrogen-bond acceptors (Lipinski definition) is 5. The molecule has 0 amide bonds. The predicted molar refractivity (Wildman–Crippen MR) is 70.8 cm³/mol. The van der Waals surface area contributed by atoms with Gasteiger partial charge >= 0.3 is 0 Å². The second-order valence-corrected chi connectivity index (χ2v) is 4.65. The van der Waals surface area contributed by atoms with Crippen LogP contribution in [0, 0.1) is 0 Å². The number of hydrogen-bond donors (Lipinski definition) is 2. The van der Waals surface area contributed by atoms with Crippen LogP contribution in [0.5, 0.6) is 0 Å². The quantitative estimate of drug-likeness (QED) is 0.485. The normalized spacial score (nSPS) is 32.4. The first kappa shape index (κ1) is 15.7. The summed E-state index contributed by atoms with van der Waals surface area (Å²) in [7, 11) is 0. The van der Waals surface area contributed by atoms with Gasteiger partial charge in [-0.3, -0.25) is 0 Å². The van der Waals surface area contributed by atoms with Crippen molar-refractivity contribution in [1.29, 1.82) is 0 Å². The Balaban J connectivity index is 2.08. The Morgan fingerprint density at radius 3 is 2.71 bits per heavy atom. The molecule has 8 heteroatoms. The lowest BCUT2D eigenvalue weighted by atomic mass is 9.99. The minimum atomic E-state index is -1.85. The van der Waals surface area contributed by atoms with Crippen molar-refractivity contribution in [3.05, 3.63) is 46.3 Å². The number of ether oxygens (including phenoxy) is 2. The molecule has 0 bridgehead atoms. The van der Waals surface area contributed by atoms with Crippen molar-refractivity contribution in [2.24, 2.45) is 5.11 Å². The standard InChI is InChI=1S/C13H16FN3O4/c14-10-9(6-18)21-13(11(12(10)19)16-17-15)20-7-8-4-2-1-3-5-8/h1-5,9-13,18-19H,6-7H2/t9?,10-,11?,12-,13+/m0/s1. The Morgan fingerprint density at radius 2 is 2.10 bits per heavy atom. The number of alkyl halides is 1. The second-order valence-electron chi connectivity index (χ2n) is 4.65. The van der Waals surface area contributed by atoms with Gasteiger partial charge in [0.25, 0.3) is 0 Å². The largest absolute Gasteiger partial charge is 0.394 e. The molecule has 0 spiro atoms. The highest BCUT2D eigenvalue weighted by molar-refractivity contribution is 5.13. The number of aliphatic hydroxyl groups excluding tert-OH is 2.